The zero-order chi connectivity index (χ0) is 9.68. The smallest absolute Gasteiger partial charge is 0.271 e. The van der Waals surface area contributed by atoms with E-state index in [2.05, 4.69) is 0 Å². The van der Waals surface area contributed by atoms with Gasteiger partial charge in [-0.3, -0.25) is 9.63 Å². The molecule has 13 heavy (non-hydrogen) atoms. The highest BCUT2D eigenvalue weighted by atomic mass is 16.7. The van der Waals surface area contributed by atoms with E-state index in [0.29, 0.717) is 6.61 Å². The van der Waals surface area contributed by atoms with E-state index in [9.17, 15) is 4.79 Å². The van der Waals surface area contributed by atoms with Crippen molar-refractivity contribution in [2.75, 3.05) is 13.2 Å². The highest BCUT2D eigenvalue weighted by Gasteiger charge is 2.19. The summed E-state index contributed by atoms with van der Waals surface area (Å²) in [6.07, 6.45) is 4.74. The quantitative estimate of drug-likeness (QED) is 0.612. The van der Waals surface area contributed by atoms with E-state index < -0.39 is 0 Å². The summed E-state index contributed by atoms with van der Waals surface area (Å²) in [4.78, 5) is 17.0. The molecule has 3 nitrogen and oxygen atoms in total. The molecule has 0 radical (unpaired) electrons. The normalized spacial score (nSPS) is 18.9. The number of amides is 1. The molecule has 1 amide bonds. The number of rotatable bonds is 2. The first kappa shape index (κ1) is 10.3. The molecule has 74 valence electrons. The Balaban J connectivity index is 2.54. The average Bonchev–Trinajstić information content (AvgIpc) is 2.21. The Morgan fingerprint density at radius 1 is 1.54 bits per heavy atom. The van der Waals surface area contributed by atoms with E-state index in [-0.39, 0.29) is 5.91 Å². The third-order valence-corrected chi connectivity index (χ3v) is 2.23. The molecule has 1 aliphatic rings. The molecule has 0 aliphatic carbocycles. The number of hydrogen-bond acceptors (Lipinski definition) is 2. The van der Waals surface area contributed by atoms with Crippen LogP contribution in [0.1, 0.15) is 33.1 Å². The van der Waals surface area contributed by atoms with E-state index in [1.807, 2.05) is 19.9 Å². The summed E-state index contributed by atoms with van der Waals surface area (Å²) in [6, 6.07) is 0. The summed E-state index contributed by atoms with van der Waals surface area (Å²) < 4.78 is 0. The van der Waals surface area contributed by atoms with Gasteiger partial charge in [-0.25, -0.2) is 5.06 Å². The van der Waals surface area contributed by atoms with Crippen LogP contribution >= 0.6 is 0 Å². The number of nitrogens with zero attached hydrogens (tertiary/aromatic N) is 1. The summed E-state index contributed by atoms with van der Waals surface area (Å²) in [5, 5.41) is 1.49. The molecular formula is C10H17NO2. The van der Waals surface area contributed by atoms with Crippen LogP contribution in [0.15, 0.2) is 11.6 Å². The van der Waals surface area contributed by atoms with Crippen molar-refractivity contribution in [3.8, 4) is 0 Å². The van der Waals surface area contributed by atoms with Crippen molar-refractivity contribution in [1.29, 1.82) is 0 Å². The predicted molar refractivity (Wildman–Crippen MR) is 50.9 cm³/mol. The Bertz CT molecular complexity index is 205. The molecular weight excluding hydrogens is 166 g/mol. The lowest BCUT2D eigenvalue weighted by atomic mass is 10.1. The number of carbonyl (C=O) groups excluding carboxylic acids is 1. The second kappa shape index (κ2) is 5.02. The molecule has 0 aromatic heterocycles. The predicted octanol–water partition coefficient (Wildman–Crippen LogP) is 1.90. The van der Waals surface area contributed by atoms with Gasteiger partial charge in [-0.2, -0.15) is 0 Å². The second-order valence-electron chi connectivity index (χ2n) is 3.12. The SMILES string of the molecule is C/C=C(\CC)C(=O)N1CCCCO1. The third kappa shape index (κ3) is 2.56. The molecule has 0 aromatic carbocycles. The van der Waals surface area contributed by atoms with Gasteiger partial charge in [-0.1, -0.05) is 13.0 Å². The van der Waals surface area contributed by atoms with Gasteiger partial charge < -0.3 is 0 Å². The van der Waals surface area contributed by atoms with Crippen molar-refractivity contribution in [2.45, 2.75) is 33.1 Å². The maximum absolute atomic E-state index is 11.7. The first-order valence-corrected chi connectivity index (χ1v) is 4.89. The van der Waals surface area contributed by atoms with Crippen molar-refractivity contribution in [1.82, 2.24) is 5.06 Å². The molecule has 0 aromatic rings. The Hall–Kier alpha value is -0.830. The van der Waals surface area contributed by atoms with Crippen LogP contribution in [0.4, 0.5) is 0 Å². The van der Waals surface area contributed by atoms with E-state index in [0.717, 1.165) is 31.4 Å². The molecule has 1 rings (SSSR count). The van der Waals surface area contributed by atoms with Gasteiger partial charge in [-0.15, -0.1) is 0 Å². The van der Waals surface area contributed by atoms with Crippen molar-refractivity contribution in [3.05, 3.63) is 11.6 Å². The van der Waals surface area contributed by atoms with Crippen LogP contribution < -0.4 is 0 Å². The zero-order valence-corrected chi connectivity index (χ0v) is 8.38. The lowest BCUT2D eigenvalue weighted by molar-refractivity contribution is -0.192. The van der Waals surface area contributed by atoms with Crippen LogP contribution in [0.25, 0.3) is 0 Å². The maximum Gasteiger partial charge on any atom is 0.272 e. The van der Waals surface area contributed by atoms with Gasteiger partial charge in [0, 0.05) is 12.1 Å². The van der Waals surface area contributed by atoms with Gasteiger partial charge in [0.2, 0.25) is 0 Å². The minimum Gasteiger partial charge on any atom is -0.271 e. The molecule has 1 fully saturated rings. The molecule has 0 saturated carbocycles. The highest BCUT2D eigenvalue weighted by Crippen LogP contribution is 2.12. The van der Waals surface area contributed by atoms with Gasteiger partial charge in [0.25, 0.3) is 5.91 Å². The molecule has 0 N–H and O–H groups in total. The minimum absolute atomic E-state index is 0.0321. The fourth-order valence-electron chi connectivity index (χ4n) is 1.40. The Morgan fingerprint density at radius 3 is 2.77 bits per heavy atom. The fraction of sp³-hybridized carbons (Fsp3) is 0.700. The van der Waals surface area contributed by atoms with Crippen molar-refractivity contribution >= 4 is 5.91 Å². The molecule has 1 saturated heterocycles. The summed E-state index contributed by atoms with van der Waals surface area (Å²) in [5.41, 5.74) is 0.835. The van der Waals surface area contributed by atoms with E-state index in [1.165, 1.54) is 5.06 Å². The minimum atomic E-state index is 0.0321. The Morgan fingerprint density at radius 2 is 2.31 bits per heavy atom. The largest absolute Gasteiger partial charge is 0.272 e. The summed E-state index contributed by atoms with van der Waals surface area (Å²) >= 11 is 0. The Kier molecular flexibility index (Phi) is 3.96. The fourth-order valence-corrected chi connectivity index (χ4v) is 1.40. The molecule has 3 heteroatoms. The Labute approximate surface area is 79.3 Å². The van der Waals surface area contributed by atoms with Crippen LogP contribution in [0, 0.1) is 0 Å². The molecule has 1 aliphatic heterocycles. The number of hydroxylamine groups is 2. The van der Waals surface area contributed by atoms with Crippen LogP contribution in [-0.4, -0.2) is 24.1 Å². The number of hydrogen-bond donors (Lipinski definition) is 0. The van der Waals surface area contributed by atoms with Gasteiger partial charge in [0.1, 0.15) is 0 Å². The van der Waals surface area contributed by atoms with Gasteiger partial charge in [0.15, 0.2) is 0 Å². The first-order valence-electron chi connectivity index (χ1n) is 4.89. The van der Waals surface area contributed by atoms with Crippen molar-refractivity contribution < 1.29 is 9.63 Å². The molecule has 1 heterocycles. The molecule has 0 unspecified atom stereocenters. The first-order chi connectivity index (χ1) is 6.29. The van der Waals surface area contributed by atoms with Crippen LogP contribution in [0.2, 0.25) is 0 Å². The third-order valence-electron chi connectivity index (χ3n) is 2.23. The molecule has 0 spiro atoms. The monoisotopic (exact) mass is 183 g/mol. The highest BCUT2D eigenvalue weighted by molar-refractivity contribution is 5.92. The summed E-state index contributed by atoms with van der Waals surface area (Å²) in [6.45, 7) is 5.28. The van der Waals surface area contributed by atoms with Crippen molar-refractivity contribution in [2.24, 2.45) is 0 Å². The summed E-state index contributed by atoms with van der Waals surface area (Å²) in [5.74, 6) is 0.0321. The zero-order valence-electron chi connectivity index (χ0n) is 8.38. The lowest BCUT2D eigenvalue weighted by Crippen LogP contribution is -2.36. The van der Waals surface area contributed by atoms with Crippen molar-refractivity contribution in [3.63, 3.8) is 0 Å². The van der Waals surface area contributed by atoms with E-state index in [4.69, 9.17) is 4.84 Å². The van der Waals surface area contributed by atoms with Gasteiger partial charge in [0.05, 0.1) is 6.61 Å². The maximum atomic E-state index is 11.7. The van der Waals surface area contributed by atoms with E-state index in [1.54, 1.807) is 0 Å². The van der Waals surface area contributed by atoms with Crippen LogP contribution in [0.3, 0.4) is 0 Å². The van der Waals surface area contributed by atoms with Gasteiger partial charge in [-0.05, 0) is 26.2 Å². The molecule has 0 atom stereocenters. The van der Waals surface area contributed by atoms with Gasteiger partial charge >= 0.3 is 0 Å². The molecule has 0 bridgehead atoms. The standard InChI is InChI=1S/C10H17NO2/c1-3-9(4-2)10(12)11-7-5-6-8-13-11/h3H,4-8H2,1-2H3/b9-3+. The van der Waals surface area contributed by atoms with Crippen LogP contribution in [-0.2, 0) is 9.63 Å². The topological polar surface area (TPSA) is 29.5 Å². The second-order valence-corrected chi connectivity index (χ2v) is 3.12. The number of carbonyl (C=O) groups is 1. The lowest BCUT2D eigenvalue weighted by Gasteiger charge is -2.26. The number of allylic oxidation sites excluding steroid dienone is 1. The average molecular weight is 183 g/mol. The summed E-state index contributed by atoms with van der Waals surface area (Å²) in [7, 11) is 0. The van der Waals surface area contributed by atoms with E-state index >= 15 is 0 Å². The van der Waals surface area contributed by atoms with Crippen LogP contribution in [0.5, 0.6) is 0 Å².